The Labute approximate surface area is 78.1 Å². The highest BCUT2D eigenvalue weighted by Gasteiger charge is 2.12. The monoisotopic (exact) mass is 184 g/mol. The quantitative estimate of drug-likeness (QED) is 0.603. The van der Waals surface area contributed by atoms with Crippen molar-refractivity contribution in [2.24, 2.45) is 5.92 Å². The van der Waals surface area contributed by atoms with Crippen LogP contribution in [0, 0.1) is 5.92 Å². The molecule has 0 bridgehead atoms. The van der Waals surface area contributed by atoms with E-state index in [0.717, 1.165) is 18.4 Å². The first-order valence-electron chi connectivity index (χ1n) is 4.20. The van der Waals surface area contributed by atoms with Crippen LogP contribution < -0.4 is 0 Å². The first kappa shape index (κ1) is 9.53. The van der Waals surface area contributed by atoms with E-state index in [1.54, 1.807) is 0 Å². The summed E-state index contributed by atoms with van der Waals surface area (Å²) in [7, 11) is 0. The van der Waals surface area contributed by atoms with Gasteiger partial charge in [0.25, 0.3) is 0 Å². The molecule has 0 unspecified atom stereocenters. The molecule has 66 valence electrons. The van der Waals surface area contributed by atoms with E-state index in [2.05, 4.69) is 13.8 Å². The van der Waals surface area contributed by atoms with Crippen LogP contribution in [0.25, 0.3) is 0 Å². The molecule has 1 aliphatic rings. The van der Waals surface area contributed by atoms with Crippen LogP contribution in [-0.2, 0) is 4.79 Å². The number of rotatable bonds is 2. The van der Waals surface area contributed by atoms with Crippen LogP contribution in [0.2, 0.25) is 0 Å². The van der Waals surface area contributed by atoms with Crippen molar-refractivity contribution in [3.05, 3.63) is 23.3 Å². The summed E-state index contributed by atoms with van der Waals surface area (Å²) in [5, 5.41) is -0.311. The van der Waals surface area contributed by atoms with Gasteiger partial charge in [0.05, 0.1) is 0 Å². The lowest BCUT2D eigenvalue weighted by Crippen LogP contribution is -2.02. The minimum atomic E-state index is -0.311. The lowest BCUT2D eigenvalue weighted by molar-refractivity contribution is -0.108. The minimum Gasteiger partial charge on any atom is -0.276 e. The molecule has 12 heavy (non-hydrogen) atoms. The van der Waals surface area contributed by atoms with Gasteiger partial charge in [0.1, 0.15) is 0 Å². The summed E-state index contributed by atoms with van der Waals surface area (Å²) in [5.74, 6) is 0.577. The van der Waals surface area contributed by atoms with E-state index < -0.39 is 0 Å². The van der Waals surface area contributed by atoms with Crippen LogP contribution in [-0.4, -0.2) is 5.24 Å². The summed E-state index contributed by atoms with van der Waals surface area (Å²) in [5.41, 5.74) is 2.14. The van der Waals surface area contributed by atoms with Gasteiger partial charge < -0.3 is 0 Å². The maximum atomic E-state index is 10.7. The number of hydrogen-bond donors (Lipinski definition) is 0. The molecule has 1 aliphatic carbocycles. The molecule has 0 amide bonds. The van der Waals surface area contributed by atoms with Gasteiger partial charge in [-0.05, 0) is 30.4 Å². The van der Waals surface area contributed by atoms with Gasteiger partial charge in [-0.1, -0.05) is 31.6 Å². The predicted octanol–water partition coefficient (Wildman–Crippen LogP) is 3.05. The largest absolute Gasteiger partial charge is 0.276 e. The predicted molar refractivity (Wildman–Crippen MR) is 51.1 cm³/mol. The molecule has 0 atom stereocenters. The molecule has 1 nitrogen and oxygen atoms in total. The fourth-order valence-electron chi connectivity index (χ4n) is 1.30. The molecule has 0 N–H and O–H groups in total. The second-order valence-corrected chi connectivity index (χ2v) is 3.71. The van der Waals surface area contributed by atoms with Crippen LogP contribution in [0.15, 0.2) is 23.3 Å². The van der Waals surface area contributed by atoms with Crippen molar-refractivity contribution >= 4 is 16.8 Å². The summed E-state index contributed by atoms with van der Waals surface area (Å²) in [4.78, 5) is 10.7. The summed E-state index contributed by atoms with van der Waals surface area (Å²) in [6, 6.07) is 0. The molecule has 0 aromatic heterocycles. The van der Waals surface area contributed by atoms with Gasteiger partial charge in [-0.25, -0.2) is 0 Å². The molecular weight excluding hydrogens is 172 g/mol. The molecule has 0 aromatic rings. The molecule has 0 aromatic carbocycles. The maximum Gasteiger partial charge on any atom is 0.248 e. The zero-order valence-corrected chi connectivity index (χ0v) is 8.19. The van der Waals surface area contributed by atoms with Crippen LogP contribution in [0.4, 0.5) is 0 Å². The minimum absolute atomic E-state index is 0.311. The molecule has 0 saturated carbocycles. The number of hydrogen-bond acceptors (Lipinski definition) is 1. The highest BCUT2D eigenvalue weighted by Crippen LogP contribution is 2.24. The van der Waals surface area contributed by atoms with Gasteiger partial charge in [0, 0.05) is 5.57 Å². The Kier molecular flexibility index (Phi) is 3.10. The lowest BCUT2D eigenvalue weighted by atomic mass is 9.92. The van der Waals surface area contributed by atoms with E-state index in [4.69, 9.17) is 11.6 Å². The average molecular weight is 185 g/mol. The Hall–Kier alpha value is -0.560. The van der Waals surface area contributed by atoms with E-state index in [0.29, 0.717) is 5.92 Å². The number of carbonyl (C=O) groups excluding carboxylic acids is 1. The number of carbonyl (C=O) groups is 1. The Balaban J connectivity index is 2.73. The Morgan fingerprint density at radius 3 is 2.42 bits per heavy atom. The molecule has 0 spiro atoms. The average Bonchev–Trinajstić information content (AvgIpc) is 2.04. The number of allylic oxidation sites excluding steroid dienone is 4. The first-order valence-corrected chi connectivity index (χ1v) is 4.58. The zero-order valence-electron chi connectivity index (χ0n) is 7.43. The van der Waals surface area contributed by atoms with E-state index in [1.807, 2.05) is 12.2 Å². The summed E-state index contributed by atoms with van der Waals surface area (Å²) in [6.45, 7) is 4.32. The third-order valence-electron chi connectivity index (χ3n) is 2.18. The Bertz CT molecular complexity index is 249. The fourth-order valence-corrected chi connectivity index (χ4v) is 1.46. The van der Waals surface area contributed by atoms with Crippen molar-refractivity contribution in [3.63, 3.8) is 0 Å². The molecule has 0 saturated heterocycles. The van der Waals surface area contributed by atoms with Crippen LogP contribution >= 0.6 is 11.6 Å². The van der Waals surface area contributed by atoms with E-state index in [1.165, 1.54) is 5.57 Å². The standard InChI is InChI=1S/C10H13ClO/c1-7(2)8-3-5-9(6-4-8)10(11)12/h3,5,7H,4,6H2,1-2H3. The van der Waals surface area contributed by atoms with Gasteiger partial charge >= 0.3 is 0 Å². The topological polar surface area (TPSA) is 17.1 Å². The smallest absolute Gasteiger partial charge is 0.248 e. The van der Waals surface area contributed by atoms with E-state index in [-0.39, 0.29) is 5.24 Å². The molecule has 2 heteroatoms. The highest BCUT2D eigenvalue weighted by atomic mass is 35.5. The van der Waals surface area contributed by atoms with Crippen molar-refractivity contribution in [1.82, 2.24) is 0 Å². The fraction of sp³-hybridized carbons (Fsp3) is 0.500. The van der Waals surface area contributed by atoms with Gasteiger partial charge in [0.15, 0.2) is 0 Å². The number of halogens is 1. The van der Waals surface area contributed by atoms with Gasteiger partial charge in [0.2, 0.25) is 5.24 Å². The first-order chi connectivity index (χ1) is 5.61. The zero-order chi connectivity index (χ0) is 9.14. The van der Waals surface area contributed by atoms with Crippen molar-refractivity contribution in [2.75, 3.05) is 0 Å². The third kappa shape index (κ3) is 2.21. The van der Waals surface area contributed by atoms with Crippen molar-refractivity contribution < 1.29 is 4.79 Å². The molecule has 1 rings (SSSR count). The summed E-state index contributed by atoms with van der Waals surface area (Å²) < 4.78 is 0. The maximum absolute atomic E-state index is 10.7. The normalized spacial score (nSPS) is 17.3. The van der Waals surface area contributed by atoms with E-state index in [9.17, 15) is 4.79 Å². The molecule has 0 radical (unpaired) electrons. The molecule has 0 heterocycles. The summed E-state index contributed by atoms with van der Waals surface area (Å²) >= 11 is 5.35. The summed E-state index contributed by atoms with van der Waals surface area (Å²) in [6.07, 6.45) is 5.63. The van der Waals surface area contributed by atoms with E-state index >= 15 is 0 Å². The second-order valence-electron chi connectivity index (χ2n) is 3.36. The molecular formula is C10H13ClO. The van der Waals surface area contributed by atoms with Crippen molar-refractivity contribution in [2.45, 2.75) is 26.7 Å². The van der Waals surface area contributed by atoms with Gasteiger partial charge in [-0.3, -0.25) is 4.79 Å². The highest BCUT2D eigenvalue weighted by molar-refractivity contribution is 6.67. The van der Waals surface area contributed by atoms with Crippen molar-refractivity contribution in [3.8, 4) is 0 Å². The molecule has 0 fully saturated rings. The van der Waals surface area contributed by atoms with Crippen molar-refractivity contribution in [1.29, 1.82) is 0 Å². The second kappa shape index (κ2) is 3.90. The van der Waals surface area contributed by atoms with Crippen LogP contribution in [0.3, 0.4) is 0 Å². The molecule has 0 aliphatic heterocycles. The van der Waals surface area contributed by atoms with Gasteiger partial charge in [-0.15, -0.1) is 0 Å². The lowest BCUT2D eigenvalue weighted by Gasteiger charge is -2.14. The Morgan fingerprint density at radius 2 is 2.08 bits per heavy atom. The SMILES string of the molecule is CC(C)C1=CC=C(C(=O)Cl)CC1. The third-order valence-corrected chi connectivity index (χ3v) is 2.42. The van der Waals surface area contributed by atoms with Crippen LogP contribution in [0.1, 0.15) is 26.7 Å². The van der Waals surface area contributed by atoms with Gasteiger partial charge in [-0.2, -0.15) is 0 Å². The van der Waals surface area contributed by atoms with Crippen LogP contribution in [0.5, 0.6) is 0 Å². The Morgan fingerprint density at radius 1 is 1.42 bits per heavy atom.